The molecule has 5 aromatic rings. The first kappa shape index (κ1) is 20.9. The van der Waals surface area contributed by atoms with E-state index in [1.165, 1.54) is 0 Å². The van der Waals surface area contributed by atoms with Gasteiger partial charge in [0.25, 0.3) is 0 Å². The lowest BCUT2D eigenvalue weighted by molar-refractivity contribution is 0.130. The highest BCUT2D eigenvalue weighted by Gasteiger charge is 2.46. The van der Waals surface area contributed by atoms with Crippen LogP contribution in [0.15, 0.2) is 132 Å². The van der Waals surface area contributed by atoms with Gasteiger partial charge in [-0.25, -0.2) is 0 Å². The Hall–Kier alpha value is -3.66. The third kappa shape index (κ3) is 3.12. The van der Waals surface area contributed by atoms with Crippen molar-refractivity contribution >= 4 is 33.0 Å². The summed E-state index contributed by atoms with van der Waals surface area (Å²) in [5, 5.41) is 12.7. The molecule has 0 saturated carbocycles. The highest BCUT2D eigenvalue weighted by Crippen LogP contribution is 2.55. The third-order valence-corrected chi connectivity index (χ3v) is 7.21. The van der Waals surface area contributed by atoms with Gasteiger partial charge in [-0.3, -0.25) is 0 Å². The summed E-state index contributed by atoms with van der Waals surface area (Å²) >= 11 is 3.76. The lowest BCUT2D eigenvalue weighted by Gasteiger charge is -2.34. The summed E-state index contributed by atoms with van der Waals surface area (Å²) < 4.78 is 0.893. The largest absolute Gasteiger partial charge is 0.376 e. The van der Waals surface area contributed by atoms with Crippen molar-refractivity contribution in [1.29, 1.82) is 0 Å². The van der Waals surface area contributed by atoms with Gasteiger partial charge in [0, 0.05) is 32.5 Å². The van der Waals surface area contributed by atoms with E-state index in [1.807, 2.05) is 84.9 Å². The number of halogens is 1. The van der Waals surface area contributed by atoms with E-state index < -0.39 is 5.60 Å². The fraction of sp³-hybridized carbons (Fsp3) is 0.0323. The Morgan fingerprint density at radius 1 is 0.529 bits per heavy atom. The van der Waals surface area contributed by atoms with Crippen LogP contribution in [-0.2, 0) is 5.60 Å². The average molecular weight is 504 g/mol. The minimum absolute atomic E-state index is 0.834. The van der Waals surface area contributed by atoms with Gasteiger partial charge in [0.15, 0.2) is 0 Å². The van der Waals surface area contributed by atoms with Crippen LogP contribution < -0.4 is 4.90 Å². The van der Waals surface area contributed by atoms with Crippen molar-refractivity contribution in [2.24, 2.45) is 0 Å². The molecule has 2 nitrogen and oxygen atoms in total. The molecule has 0 heterocycles. The zero-order valence-electron chi connectivity index (χ0n) is 18.4. The maximum absolute atomic E-state index is 12.7. The summed E-state index contributed by atoms with van der Waals surface area (Å²) in [7, 11) is 0. The van der Waals surface area contributed by atoms with Crippen molar-refractivity contribution in [3.05, 3.63) is 149 Å². The third-order valence-electron chi connectivity index (χ3n) is 6.55. The summed E-state index contributed by atoms with van der Waals surface area (Å²) in [6.07, 6.45) is 0. The molecule has 0 bridgehead atoms. The molecular formula is C31H22BrNO. The van der Waals surface area contributed by atoms with Crippen LogP contribution in [0, 0.1) is 0 Å². The van der Waals surface area contributed by atoms with Gasteiger partial charge in [0.2, 0.25) is 0 Å². The molecule has 0 radical (unpaired) electrons. The molecule has 1 N–H and O–H groups in total. The molecule has 34 heavy (non-hydrogen) atoms. The molecule has 1 aliphatic rings. The van der Waals surface area contributed by atoms with E-state index in [9.17, 15) is 5.11 Å². The van der Waals surface area contributed by atoms with E-state index in [1.54, 1.807) is 0 Å². The maximum atomic E-state index is 12.7. The summed E-state index contributed by atoms with van der Waals surface area (Å²) in [6.45, 7) is 0. The van der Waals surface area contributed by atoms with Gasteiger partial charge >= 0.3 is 0 Å². The molecular weight excluding hydrogens is 482 g/mol. The van der Waals surface area contributed by atoms with E-state index in [4.69, 9.17) is 0 Å². The SMILES string of the molecule is OC1(c2ccccc2N(c2ccccc2)c2ccccc2)c2ccccc2-c2cccc(Br)c21. The van der Waals surface area contributed by atoms with Gasteiger partial charge in [-0.15, -0.1) is 0 Å². The van der Waals surface area contributed by atoms with E-state index in [0.29, 0.717) is 0 Å². The van der Waals surface area contributed by atoms with Crippen LogP contribution in [-0.4, -0.2) is 5.11 Å². The number of anilines is 3. The van der Waals surface area contributed by atoms with Gasteiger partial charge in [-0.05, 0) is 47.5 Å². The van der Waals surface area contributed by atoms with Crippen LogP contribution in [0.4, 0.5) is 17.1 Å². The Morgan fingerprint density at radius 3 is 1.74 bits per heavy atom. The number of rotatable bonds is 4. The smallest absolute Gasteiger partial charge is 0.144 e. The summed E-state index contributed by atoms with van der Waals surface area (Å²) in [6, 6.07) is 43.0. The van der Waals surface area contributed by atoms with Crippen molar-refractivity contribution in [1.82, 2.24) is 0 Å². The Kier molecular flexibility index (Phi) is 5.09. The predicted molar refractivity (Wildman–Crippen MR) is 143 cm³/mol. The standard InChI is InChI=1S/C31H22BrNO/c32-28-20-11-17-25-24-16-7-8-18-26(24)31(34,30(25)28)27-19-9-10-21-29(27)33(22-12-3-1-4-13-22)23-14-5-2-6-15-23/h1-21,34H. The highest BCUT2D eigenvalue weighted by molar-refractivity contribution is 9.10. The monoisotopic (exact) mass is 503 g/mol. The zero-order chi connectivity index (χ0) is 23.1. The van der Waals surface area contributed by atoms with Gasteiger partial charge in [-0.2, -0.15) is 0 Å². The number of hydrogen-bond acceptors (Lipinski definition) is 2. The molecule has 0 spiro atoms. The Labute approximate surface area is 207 Å². The lowest BCUT2D eigenvalue weighted by Crippen LogP contribution is -2.29. The van der Waals surface area contributed by atoms with Crippen LogP contribution in [0.1, 0.15) is 16.7 Å². The van der Waals surface area contributed by atoms with Crippen molar-refractivity contribution in [3.63, 3.8) is 0 Å². The Morgan fingerprint density at radius 2 is 1.06 bits per heavy atom. The van der Waals surface area contributed by atoms with Gasteiger partial charge < -0.3 is 10.0 Å². The molecule has 5 aromatic carbocycles. The topological polar surface area (TPSA) is 23.5 Å². The second kappa shape index (κ2) is 8.28. The van der Waals surface area contributed by atoms with Gasteiger partial charge in [-0.1, -0.05) is 107 Å². The number of para-hydroxylation sites is 3. The first-order valence-corrected chi connectivity index (χ1v) is 12.1. The van der Waals surface area contributed by atoms with Crippen LogP contribution in [0.2, 0.25) is 0 Å². The first-order valence-electron chi connectivity index (χ1n) is 11.3. The molecule has 1 atom stereocenters. The van der Waals surface area contributed by atoms with E-state index in [2.05, 4.69) is 63.3 Å². The molecule has 6 rings (SSSR count). The van der Waals surface area contributed by atoms with E-state index in [0.717, 1.165) is 49.4 Å². The van der Waals surface area contributed by atoms with Crippen molar-refractivity contribution in [2.45, 2.75) is 5.60 Å². The van der Waals surface area contributed by atoms with Crippen LogP contribution >= 0.6 is 15.9 Å². The number of benzene rings is 5. The summed E-state index contributed by atoms with van der Waals surface area (Å²) in [5.74, 6) is 0. The zero-order valence-corrected chi connectivity index (χ0v) is 20.0. The minimum Gasteiger partial charge on any atom is -0.376 e. The molecule has 0 saturated heterocycles. The van der Waals surface area contributed by atoms with Crippen LogP contribution in [0.5, 0.6) is 0 Å². The average Bonchev–Trinajstić information content (AvgIpc) is 3.16. The quantitative estimate of drug-likeness (QED) is 0.267. The molecule has 1 aliphatic carbocycles. The Bertz CT molecular complexity index is 1440. The number of nitrogens with zero attached hydrogens (tertiary/aromatic N) is 1. The summed E-state index contributed by atoms with van der Waals surface area (Å²) in [4.78, 5) is 2.21. The number of fused-ring (bicyclic) bond motifs is 3. The lowest BCUT2D eigenvalue weighted by atomic mass is 9.83. The second-order valence-corrected chi connectivity index (χ2v) is 9.30. The normalized spacial score (nSPS) is 16.1. The van der Waals surface area contributed by atoms with Gasteiger partial charge in [0.1, 0.15) is 5.60 Å². The molecule has 0 amide bonds. The molecule has 164 valence electrons. The van der Waals surface area contributed by atoms with Gasteiger partial charge in [0.05, 0.1) is 5.69 Å². The van der Waals surface area contributed by atoms with E-state index >= 15 is 0 Å². The minimum atomic E-state index is -1.32. The van der Waals surface area contributed by atoms with Crippen molar-refractivity contribution < 1.29 is 5.11 Å². The van der Waals surface area contributed by atoms with Crippen molar-refractivity contribution in [2.75, 3.05) is 4.90 Å². The van der Waals surface area contributed by atoms with Crippen LogP contribution in [0.3, 0.4) is 0 Å². The maximum Gasteiger partial charge on any atom is 0.144 e. The molecule has 0 aromatic heterocycles. The number of hydrogen-bond donors (Lipinski definition) is 1. The van der Waals surface area contributed by atoms with Crippen molar-refractivity contribution in [3.8, 4) is 11.1 Å². The highest BCUT2D eigenvalue weighted by atomic mass is 79.9. The fourth-order valence-corrected chi connectivity index (χ4v) is 5.77. The van der Waals surface area contributed by atoms with Crippen LogP contribution in [0.25, 0.3) is 11.1 Å². The molecule has 3 heteroatoms. The fourth-order valence-electron chi connectivity index (χ4n) is 5.12. The van der Waals surface area contributed by atoms with E-state index in [-0.39, 0.29) is 0 Å². The Balaban J connectivity index is 1.67. The second-order valence-electron chi connectivity index (χ2n) is 8.44. The first-order chi connectivity index (χ1) is 16.7. The number of aliphatic hydroxyl groups is 1. The molecule has 0 aliphatic heterocycles. The molecule has 0 fully saturated rings. The predicted octanol–water partition coefficient (Wildman–Crippen LogP) is 8.18. The molecule has 1 unspecified atom stereocenters. The summed E-state index contributed by atoms with van der Waals surface area (Å²) in [5.41, 5.74) is 6.39.